The molecule has 72 heavy (non-hydrogen) atoms. The van der Waals surface area contributed by atoms with Crippen molar-refractivity contribution in [3.63, 3.8) is 0 Å². The van der Waals surface area contributed by atoms with Gasteiger partial charge in [0.2, 0.25) is 0 Å². The number of hydrogen-bond acceptors (Lipinski definition) is 1. The van der Waals surface area contributed by atoms with Crippen LogP contribution in [0.4, 0.5) is 17.1 Å². The van der Waals surface area contributed by atoms with Gasteiger partial charge in [0.05, 0.1) is 0 Å². The first-order valence-corrected chi connectivity index (χ1v) is 28.7. The monoisotopic (exact) mass is 931 g/mol. The third kappa shape index (κ3) is 3.80. The van der Waals surface area contributed by atoms with Crippen LogP contribution in [0.5, 0.6) is 0 Å². The fourth-order valence-electron chi connectivity index (χ4n) is 23.2. The van der Waals surface area contributed by atoms with Crippen molar-refractivity contribution in [3.05, 3.63) is 149 Å². The van der Waals surface area contributed by atoms with E-state index in [9.17, 15) is 0 Å². The fourth-order valence-corrected chi connectivity index (χ4v) is 23.2. The van der Waals surface area contributed by atoms with E-state index in [1.807, 2.05) is 0 Å². The summed E-state index contributed by atoms with van der Waals surface area (Å²) in [7, 11) is 0. The highest BCUT2D eigenvalue weighted by atomic mass is 15.2. The summed E-state index contributed by atoms with van der Waals surface area (Å²) in [6, 6.07) is 50.1. The molecule has 0 amide bonds. The number of hydrogen-bond donors (Lipinski definition) is 0. The summed E-state index contributed by atoms with van der Waals surface area (Å²) in [5, 5.41) is 5.79. The second-order valence-corrected chi connectivity index (χ2v) is 28.7. The zero-order chi connectivity index (χ0) is 47.2. The largest absolute Gasteiger partial charge is 0.375 e. The first-order chi connectivity index (χ1) is 34.9. The van der Waals surface area contributed by atoms with Crippen molar-refractivity contribution in [2.45, 2.75) is 127 Å². The summed E-state index contributed by atoms with van der Waals surface area (Å²) in [6.45, 7) is 12.4. The van der Waals surface area contributed by atoms with Gasteiger partial charge in [-0.1, -0.05) is 100 Å². The summed E-state index contributed by atoms with van der Waals surface area (Å²) in [5.74, 6) is 5.90. The summed E-state index contributed by atoms with van der Waals surface area (Å²) in [6.07, 6.45) is 15.7. The van der Waals surface area contributed by atoms with Crippen LogP contribution in [0.3, 0.4) is 0 Å². The molecule has 8 atom stereocenters. The molecule has 3 heteroatoms. The average molecular weight is 931 g/mol. The molecule has 7 aromatic carbocycles. The minimum atomic E-state index is 0.0172. The predicted molar refractivity (Wildman–Crippen MR) is 296 cm³/mol. The molecule has 11 aliphatic carbocycles. The molecule has 21 rings (SSSR count). The third-order valence-corrected chi connectivity index (χ3v) is 25.8. The normalized spacial score (nSPS) is 37.3. The summed E-state index contributed by atoms with van der Waals surface area (Å²) >= 11 is 0. The van der Waals surface area contributed by atoms with Gasteiger partial charge in [-0.05, 0) is 260 Å². The topological polar surface area (TPSA) is 8.17 Å². The molecule has 13 aliphatic rings. The summed E-state index contributed by atoms with van der Waals surface area (Å²) in [4.78, 5) is 2.77. The van der Waals surface area contributed by atoms with Crippen LogP contribution in [-0.2, 0) is 21.7 Å². The highest BCUT2D eigenvalue weighted by Gasteiger charge is 3.04. The maximum atomic E-state index is 2.92. The van der Waals surface area contributed by atoms with Crippen molar-refractivity contribution in [2.24, 2.45) is 51.8 Å². The maximum Gasteiger partial charge on any atom is 0.333 e. The number of fused-ring (bicyclic) bond motifs is 11. The van der Waals surface area contributed by atoms with Crippen LogP contribution < -0.4 is 15.8 Å². The zero-order valence-corrected chi connectivity index (χ0v) is 42.8. The molecule has 3 spiro atoms. The van der Waals surface area contributed by atoms with Crippen molar-refractivity contribution in [1.82, 2.24) is 4.48 Å². The van der Waals surface area contributed by atoms with Gasteiger partial charge in [-0.25, -0.2) is 0 Å². The SMILES string of the molecule is Cc1cc2c(cc1N1c3cc(-c4ccccc4)cc4c3B(c3c1ccc1ccccc31)n1c3ccc(C56CC7CC8CC(C5)C87C6)cc3c3cc(C56CC7CC8CC79C5C89C6)cc-4c31)C(C)(C)CCC2(C)C. The Balaban J connectivity index is 0.912. The predicted octanol–water partition coefficient (Wildman–Crippen LogP) is 15.5. The lowest BCUT2D eigenvalue weighted by Crippen LogP contribution is -2.59. The minimum Gasteiger partial charge on any atom is -0.375 e. The van der Waals surface area contributed by atoms with E-state index in [0.29, 0.717) is 27.1 Å². The second-order valence-electron chi connectivity index (χ2n) is 28.7. The second kappa shape index (κ2) is 11.4. The molecule has 0 saturated heterocycles. The van der Waals surface area contributed by atoms with Crippen LogP contribution in [0.2, 0.25) is 0 Å². The number of aryl methyl sites for hydroxylation is 1. The standard InChI is InChI=1S/C69H63BN2/c1-37-21-53-54(64(4,5)20-19-63(53,2)3)30-57(37)71-56-17-15-39-13-9-10-14-48(39)59(56)70-60-50(22-40(23-58(60)71)38-11-7-6-8-12-38)52-29-42(66-33-46-26-47-34-68(46)62(66)69(47,68)36-66)28-51-49-27-41(16-18-55(49)72(70)61(51)52)65-31-44-24-43-25-45(32-65)67(43,44)35-65/h6-18,21-23,27-30,43-47,62H,19-20,24-26,31-36H2,1-5H3. The number of anilines is 3. The fraction of sp³-hybridized carbons (Fsp3) is 0.420. The van der Waals surface area contributed by atoms with Gasteiger partial charge in [0.1, 0.15) is 0 Å². The third-order valence-electron chi connectivity index (χ3n) is 25.8. The number of nitrogens with zero attached hydrogens (tertiary/aromatic N) is 2. The molecule has 0 radical (unpaired) electrons. The molecule has 3 heterocycles. The molecule has 2 nitrogen and oxygen atoms in total. The molecule has 8 unspecified atom stereocenters. The Labute approximate surface area is 424 Å². The lowest BCUT2D eigenvalue weighted by Gasteiger charge is -2.66. The maximum absolute atomic E-state index is 2.92. The highest BCUT2D eigenvalue weighted by Crippen LogP contribution is 3.08. The van der Waals surface area contributed by atoms with Crippen molar-refractivity contribution in [3.8, 4) is 22.3 Å². The van der Waals surface area contributed by atoms with Crippen LogP contribution >= 0.6 is 0 Å². The lowest BCUT2D eigenvalue weighted by atomic mass is 9.38. The van der Waals surface area contributed by atoms with Crippen LogP contribution in [-0.4, -0.2) is 11.3 Å². The lowest BCUT2D eigenvalue weighted by molar-refractivity contribution is -0.175. The van der Waals surface area contributed by atoms with E-state index in [2.05, 4.69) is 165 Å². The van der Waals surface area contributed by atoms with Gasteiger partial charge in [-0.3, -0.25) is 0 Å². The Morgan fingerprint density at radius 2 is 1.28 bits per heavy atom. The van der Waals surface area contributed by atoms with Crippen molar-refractivity contribution >= 4 is 67.4 Å². The molecule has 2 aliphatic heterocycles. The Kier molecular flexibility index (Phi) is 6.18. The van der Waals surface area contributed by atoms with E-state index in [1.54, 1.807) is 22.9 Å². The molecule has 10 fully saturated rings. The summed E-state index contributed by atoms with van der Waals surface area (Å²) < 4.78 is 2.92. The van der Waals surface area contributed by atoms with Crippen molar-refractivity contribution < 1.29 is 0 Å². The molecule has 352 valence electrons. The van der Waals surface area contributed by atoms with Gasteiger partial charge in [0, 0.05) is 49.8 Å². The Morgan fingerprint density at radius 1 is 0.528 bits per heavy atom. The average Bonchev–Trinajstić information content (AvgIpc) is 4.24. The number of aromatic nitrogens is 1. The Bertz CT molecular complexity index is 3960. The smallest absolute Gasteiger partial charge is 0.333 e. The van der Waals surface area contributed by atoms with Gasteiger partial charge in [0.25, 0.3) is 0 Å². The van der Waals surface area contributed by atoms with E-state index in [-0.39, 0.29) is 17.7 Å². The number of benzene rings is 7. The quantitative estimate of drug-likeness (QED) is 0.160. The molecule has 10 saturated carbocycles. The van der Waals surface area contributed by atoms with E-state index in [4.69, 9.17) is 0 Å². The molecular weight excluding hydrogens is 868 g/mol. The number of rotatable bonds is 4. The first kappa shape index (κ1) is 39.0. The van der Waals surface area contributed by atoms with Crippen molar-refractivity contribution in [2.75, 3.05) is 4.90 Å². The minimum absolute atomic E-state index is 0.0172. The van der Waals surface area contributed by atoms with Gasteiger partial charge in [-0.15, -0.1) is 0 Å². The van der Waals surface area contributed by atoms with Crippen LogP contribution in [0.1, 0.15) is 126 Å². The molecule has 8 aromatic rings. The first-order valence-electron chi connectivity index (χ1n) is 28.7. The van der Waals surface area contributed by atoms with Crippen LogP contribution in [0.25, 0.3) is 54.8 Å². The van der Waals surface area contributed by atoms with E-state index in [0.717, 1.165) is 35.5 Å². The molecule has 4 bridgehead atoms. The van der Waals surface area contributed by atoms with E-state index >= 15 is 0 Å². The van der Waals surface area contributed by atoms with Crippen molar-refractivity contribution in [1.29, 1.82) is 0 Å². The molecular formula is C69H63BN2. The van der Waals surface area contributed by atoms with Gasteiger partial charge >= 0.3 is 6.85 Å². The molecule has 1 aromatic heterocycles. The highest BCUT2D eigenvalue weighted by molar-refractivity contribution is 6.91. The molecule has 0 N–H and O–H groups in total. The van der Waals surface area contributed by atoms with E-state index < -0.39 is 0 Å². The van der Waals surface area contributed by atoms with Gasteiger partial charge in [-0.2, -0.15) is 0 Å². The van der Waals surface area contributed by atoms with Gasteiger partial charge < -0.3 is 9.38 Å². The zero-order valence-electron chi connectivity index (χ0n) is 42.8. The van der Waals surface area contributed by atoms with E-state index in [1.165, 1.54) is 158 Å². The summed E-state index contributed by atoms with van der Waals surface area (Å²) in [5.41, 5.74) is 26.3. The Morgan fingerprint density at radius 3 is 2.06 bits per heavy atom. The van der Waals surface area contributed by atoms with Crippen LogP contribution in [0.15, 0.2) is 121 Å². The van der Waals surface area contributed by atoms with Crippen LogP contribution in [0, 0.1) is 58.7 Å². The Hall–Kier alpha value is -5.54. The van der Waals surface area contributed by atoms with Gasteiger partial charge in [0.15, 0.2) is 0 Å².